The third kappa shape index (κ3) is 6.96. The lowest BCUT2D eigenvalue weighted by atomic mass is 10.1. The number of halogens is 3. The molecule has 3 aromatic rings. The Labute approximate surface area is 221 Å². The van der Waals surface area contributed by atoms with Crippen molar-refractivity contribution >= 4 is 43.6 Å². The molecule has 0 aliphatic carbocycles. The maximum Gasteiger partial charge on any atom is 0.317 e. The fourth-order valence-corrected chi connectivity index (χ4v) is 4.43. The number of carbonyl (C=O) groups is 1. The quantitative estimate of drug-likeness (QED) is 0.342. The Balaban J connectivity index is 1.42. The summed E-state index contributed by atoms with van der Waals surface area (Å²) in [6.45, 7) is 3.52. The Bertz CT molecular complexity index is 1170. The number of morpholine rings is 1. The van der Waals surface area contributed by atoms with E-state index >= 15 is 0 Å². The molecule has 1 saturated heterocycles. The first-order valence-electron chi connectivity index (χ1n) is 11.2. The third-order valence-corrected chi connectivity index (χ3v) is 6.67. The van der Waals surface area contributed by atoms with Crippen molar-refractivity contribution in [3.05, 3.63) is 86.6 Å². The molecule has 0 bridgehead atoms. The summed E-state index contributed by atoms with van der Waals surface area (Å²) in [5.41, 5.74) is 2.66. The zero-order valence-electron chi connectivity index (χ0n) is 19.3. The second kappa shape index (κ2) is 11.9. The van der Waals surface area contributed by atoms with Crippen molar-refractivity contribution in [1.82, 2.24) is 10.2 Å². The highest BCUT2D eigenvalue weighted by atomic mass is 79.9. The van der Waals surface area contributed by atoms with Crippen LogP contribution in [0.4, 0.5) is 14.9 Å². The second-order valence-electron chi connectivity index (χ2n) is 8.20. The Morgan fingerprint density at radius 1 is 1.03 bits per heavy atom. The molecule has 0 unspecified atom stereocenters. The molecule has 0 aromatic heterocycles. The van der Waals surface area contributed by atoms with E-state index < -0.39 is 0 Å². The van der Waals surface area contributed by atoms with Crippen molar-refractivity contribution in [2.75, 3.05) is 38.3 Å². The monoisotopic (exact) mass is 605 g/mol. The zero-order valence-corrected chi connectivity index (χ0v) is 22.4. The van der Waals surface area contributed by atoms with E-state index in [2.05, 4.69) is 48.1 Å². The normalized spacial score (nSPS) is 13.4. The molecule has 6 nitrogen and oxygen atoms in total. The molecule has 0 atom stereocenters. The first kappa shape index (κ1) is 25.5. The van der Waals surface area contributed by atoms with E-state index in [0.29, 0.717) is 36.8 Å². The summed E-state index contributed by atoms with van der Waals surface area (Å²) in [4.78, 5) is 16.7. The predicted molar refractivity (Wildman–Crippen MR) is 141 cm³/mol. The van der Waals surface area contributed by atoms with Gasteiger partial charge in [-0.3, -0.25) is 0 Å². The summed E-state index contributed by atoms with van der Waals surface area (Å²) in [5, 5.41) is 2.98. The van der Waals surface area contributed by atoms with Gasteiger partial charge in [-0.15, -0.1) is 0 Å². The van der Waals surface area contributed by atoms with Crippen LogP contribution in [0.3, 0.4) is 0 Å². The van der Waals surface area contributed by atoms with Crippen molar-refractivity contribution in [2.45, 2.75) is 13.1 Å². The van der Waals surface area contributed by atoms with E-state index in [0.717, 1.165) is 33.3 Å². The number of benzene rings is 3. The van der Waals surface area contributed by atoms with Crippen LogP contribution in [-0.4, -0.2) is 44.3 Å². The third-order valence-electron chi connectivity index (χ3n) is 5.65. The molecule has 1 heterocycles. The maximum absolute atomic E-state index is 14.0. The van der Waals surface area contributed by atoms with Crippen LogP contribution in [-0.2, 0) is 17.8 Å². The number of amides is 2. The van der Waals surface area contributed by atoms with Crippen LogP contribution >= 0.6 is 31.9 Å². The van der Waals surface area contributed by atoms with Crippen LogP contribution in [0.15, 0.2) is 69.6 Å². The minimum absolute atomic E-state index is 0.187. The van der Waals surface area contributed by atoms with Crippen molar-refractivity contribution in [2.24, 2.45) is 0 Å². The molecule has 1 N–H and O–H groups in total. The summed E-state index contributed by atoms with van der Waals surface area (Å²) in [6, 6.07) is 17.5. The van der Waals surface area contributed by atoms with Crippen molar-refractivity contribution < 1.29 is 18.7 Å². The molecule has 3 aromatic carbocycles. The van der Waals surface area contributed by atoms with Gasteiger partial charge in [0.2, 0.25) is 0 Å². The van der Waals surface area contributed by atoms with Crippen LogP contribution in [0, 0.1) is 5.82 Å². The van der Waals surface area contributed by atoms with Crippen LogP contribution < -0.4 is 15.0 Å². The standard InChI is InChI=1S/C26H26Br2FN3O3/c1-31(17-19-14-22(29)6-9-25(19)35-23-7-4-20(27)5-8-23)26(33)30-16-18-2-3-21(28)15-24(18)32-10-12-34-13-11-32/h2-9,14-15H,10-13,16-17H2,1H3,(H,30,33). The number of hydrogen-bond donors (Lipinski definition) is 1. The number of hydrogen-bond acceptors (Lipinski definition) is 4. The Hall–Kier alpha value is -2.62. The van der Waals surface area contributed by atoms with E-state index in [9.17, 15) is 9.18 Å². The van der Waals surface area contributed by atoms with Gasteiger partial charge < -0.3 is 24.6 Å². The Morgan fingerprint density at radius 3 is 2.49 bits per heavy atom. The van der Waals surface area contributed by atoms with Gasteiger partial charge in [-0.05, 0) is 60.2 Å². The minimum Gasteiger partial charge on any atom is -0.457 e. The largest absolute Gasteiger partial charge is 0.457 e. The summed E-state index contributed by atoms with van der Waals surface area (Å²) < 4.78 is 27.4. The molecular weight excluding hydrogens is 581 g/mol. The highest BCUT2D eigenvalue weighted by Crippen LogP contribution is 2.29. The molecule has 1 fully saturated rings. The summed E-state index contributed by atoms with van der Waals surface area (Å²) in [5.74, 6) is 0.733. The molecule has 184 valence electrons. The molecule has 0 saturated carbocycles. The number of urea groups is 1. The number of nitrogens with zero attached hydrogens (tertiary/aromatic N) is 2. The lowest BCUT2D eigenvalue weighted by Gasteiger charge is -2.31. The van der Waals surface area contributed by atoms with Crippen LogP contribution in [0.1, 0.15) is 11.1 Å². The van der Waals surface area contributed by atoms with E-state index in [1.54, 1.807) is 13.1 Å². The van der Waals surface area contributed by atoms with Gasteiger partial charge in [-0.2, -0.15) is 0 Å². The highest BCUT2D eigenvalue weighted by Gasteiger charge is 2.18. The van der Waals surface area contributed by atoms with E-state index in [1.165, 1.54) is 17.0 Å². The van der Waals surface area contributed by atoms with Crippen LogP contribution in [0.5, 0.6) is 11.5 Å². The highest BCUT2D eigenvalue weighted by molar-refractivity contribution is 9.10. The van der Waals surface area contributed by atoms with Crippen LogP contribution in [0.2, 0.25) is 0 Å². The molecule has 0 spiro atoms. The van der Waals surface area contributed by atoms with Gasteiger partial charge in [0.25, 0.3) is 0 Å². The first-order chi connectivity index (χ1) is 16.9. The van der Waals surface area contributed by atoms with Gasteiger partial charge in [0, 0.05) is 46.9 Å². The minimum atomic E-state index is -0.387. The van der Waals surface area contributed by atoms with Gasteiger partial charge in [0.15, 0.2) is 0 Å². The molecule has 35 heavy (non-hydrogen) atoms. The van der Waals surface area contributed by atoms with Crippen molar-refractivity contribution in [3.8, 4) is 11.5 Å². The molecule has 1 aliphatic heterocycles. The molecule has 4 rings (SSSR count). The summed E-state index contributed by atoms with van der Waals surface area (Å²) in [6.07, 6.45) is 0. The number of ether oxygens (including phenoxy) is 2. The second-order valence-corrected chi connectivity index (χ2v) is 10.0. The maximum atomic E-state index is 14.0. The smallest absolute Gasteiger partial charge is 0.317 e. The van der Waals surface area contributed by atoms with E-state index in [-0.39, 0.29) is 18.4 Å². The fourth-order valence-electron chi connectivity index (χ4n) is 3.82. The lowest BCUT2D eigenvalue weighted by Crippen LogP contribution is -2.39. The molecule has 9 heteroatoms. The van der Waals surface area contributed by atoms with Crippen molar-refractivity contribution in [3.63, 3.8) is 0 Å². The van der Waals surface area contributed by atoms with Gasteiger partial charge in [0.1, 0.15) is 17.3 Å². The molecule has 2 amide bonds. The van der Waals surface area contributed by atoms with Crippen LogP contribution in [0.25, 0.3) is 0 Å². The SMILES string of the molecule is CN(Cc1cc(F)ccc1Oc1ccc(Br)cc1)C(=O)NCc1ccc(Br)cc1N1CCOCC1. The summed E-state index contributed by atoms with van der Waals surface area (Å²) in [7, 11) is 1.67. The average molecular weight is 607 g/mol. The average Bonchev–Trinajstić information content (AvgIpc) is 2.86. The van der Waals surface area contributed by atoms with Gasteiger partial charge in [0.05, 0.1) is 19.8 Å². The zero-order chi connectivity index (χ0) is 24.8. The number of anilines is 1. The first-order valence-corrected chi connectivity index (χ1v) is 12.8. The Kier molecular flexibility index (Phi) is 8.64. The number of nitrogens with one attached hydrogen (secondary N) is 1. The summed E-state index contributed by atoms with van der Waals surface area (Å²) >= 11 is 6.94. The van der Waals surface area contributed by atoms with Gasteiger partial charge in [-0.1, -0.05) is 37.9 Å². The van der Waals surface area contributed by atoms with Gasteiger partial charge in [-0.25, -0.2) is 9.18 Å². The number of rotatable bonds is 7. The topological polar surface area (TPSA) is 54.0 Å². The van der Waals surface area contributed by atoms with E-state index in [4.69, 9.17) is 9.47 Å². The molecule has 0 radical (unpaired) electrons. The molecular formula is C26H26Br2FN3O3. The van der Waals surface area contributed by atoms with Gasteiger partial charge >= 0.3 is 6.03 Å². The van der Waals surface area contributed by atoms with E-state index in [1.807, 2.05) is 36.4 Å². The fraction of sp³-hybridized carbons (Fsp3) is 0.269. The number of carbonyl (C=O) groups excluding carboxylic acids is 1. The predicted octanol–water partition coefficient (Wildman–Crippen LogP) is 6.32. The van der Waals surface area contributed by atoms with Crippen molar-refractivity contribution in [1.29, 1.82) is 0 Å². The molecule has 1 aliphatic rings. The Morgan fingerprint density at radius 2 is 1.74 bits per heavy atom. The lowest BCUT2D eigenvalue weighted by molar-refractivity contribution is 0.122.